The first-order valence-corrected chi connectivity index (χ1v) is 7.87. The van der Waals surface area contributed by atoms with Gasteiger partial charge in [0.25, 0.3) is 5.56 Å². The van der Waals surface area contributed by atoms with Crippen LogP contribution in [0.25, 0.3) is 0 Å². The fourth-order valence-electron chi connectivity index (χ4n) is 2.69. The third-order valence-electron chi connectivity index (χ3n) is 3.79. The van der Waals surface area contributed by atoms with Crippen LogP contribution >= 0.6 is 11.8 Å². The number of thioether (sulfide) groups is 1. The molecule has 0 atom stereocenters. The second kappa shape index (κ2) is 5.45. The van der Waals surface area contributed by atoms with Crippen molar-refractivity contribution in [3.63, 3.8) is 0 Å². The summed E-state index contributed by atoms with van der Waals surface area (Å²) in [7, 11) is 0. The molecular weight excluding hydrogens is 246 g/mol. The Hall–Kier alpha value is -0.810. The summed E-state index contributed by atoms with van der Waals surface area (Å²) in [6, 6.07) is 1.80. The van der Waals surface area contributed by atoms with Crippen molar-refractivity contribution in [2.24, 2.45) is 5.92 Å². The predicted molar refractivity (Wildman–Crippen MR) is 74.0 cm³/mol. The maximum Gasteiger partial charge on any atom is 0.267 e. The van der Waals surface area contributed by atoms with E-state index < -0.39 is 0 Å². The minimum Gasteiger partial charge on any atom is -0.317 e. The second-order valence-corrected chi connectivity index (χ2v) is 6.24. The Morgan fingerprint density at radius 3 is 3.11 bits per heavy atom. The molecule has 0 radical (unpaired) electrons. The number of hydrogen-bond donors (Lipinski definition) is 1. The van der Waals surface area contributed by atoms with Gasteiger partial charge in [0, 0.05) is 24.8 Å². The number of nitrogens with zero attached hydrogens (tertiary/aromatic N) is 2. The summed E-state index contributed by atoms with van der Waals surface area (Å²) in [5.41, 5.74) is 2.37. The van der Waals surface area contributed by atoms with Crippen molar-refractivity contribution < 1.29 is 0 Å². The fraction of sp³-hybridized carbons (Fsp3) is 0.692. The highest BCUT2D eigenvalue weighted by molar-refractivity contribution is 7.98. The molecule has 4 nitrogen and oxygen atoms in total. The van der Waals surface area contributed by atoms with E-state index in [1.54, 1.807) is 10.7 Å². The van der Waals surface area contributed by atoms with E-state index in [4.69, 9.17) is 0 Å². The number of fused-ring (bicyclic) bond motifs is 1. The van der Waals surface area contributed by atoms with Crippen molar-refractivity contribution in [2.45, 2.75) is 31.6 Å². The first kappa shape index (κ1) is 12.2. The molecule has 0 unspecified atom stereocenters. The van der Waals surface area contributed by atoms with E-state index >= 15 is 0 Å². The van der Waals surface area contributed by atoms with E-state index in [-0.39, 0.29) is 5.56 Å². The molecule has 0 aliphatic carbocycles. The summed E-state index contributed by atoms with van der Waals surface area (Å²) in [5, 5.41) is 7.93. The fourth-order valence-corrected chi connectivity index (χ4v) is 3.64. The number of aromatic nitrogens is 2. The van der Waals surface area contributed by atoms with Crippen LogP contribution in [-0.2, 0) is 18.7 Å². The minimum atomic E-state index is 0.0785. The molecule has 0 amide bonds. The van der Waals surface area contributed by atoms with Crippen LogP contribution < -0.4 is 10.9 Å². The third-order valence-corrected chi connectivity index (χ3v) is 4.80. The van der Waals surface area contributed by atoms with Gasteiger partial charge in [0.05, 0.1) is 5.69 Å². The van der Waals surface area contributed by atoms with Crippen molar-refractivity contribution in [3.8, 4) is 0 Å². The summed E-state index contributed by atoms with van der Waals surface area (Å²) >= 11 is 1.89. The van der Waals surface area contributed by atoms with Crippen molar-refractivity contribution >= 4 is 11.8 Å². The highest BCUT2D eigenvalue weighted by atomic mass is 32.2. The van der Waals surface area contributed by atoms with Crippen molar-refractivity contribution in [3.05, 3.63) is 27.7 Å². The normalized spacial score (nSPS) is 20.7. The third kappa shape index (κ3) is 2.62. The summed E-state index contributed by atoms with van der Waals surface area (Å²) in [6.07, 6.45) is 3.31. The summed E-state index contributed by atoms with van der Waals surface area (Å²) in [5.74, 6) is 2.68. The molecular formula is C13H19N3OS. The SMILES string of the molecule is O=c1cc2c(nn1CC1CCNCC1)CCSC2. The molecule has 1 aromatic rings. The first-order valence-electron chi connectivity index (χ1n) is 6.71. The predicted octanol–water partition coefficient (Wildman–Crippen LogP) is 1.03. The lowest BCUT2D eigenvalue weighted by Gasteiger charge is -2.23. The lowest BCUT2D eigenvalue weighted by molar-refractivity contribution is 0.313. The summed E-state index contributed by atoms with van der Waals surface area (Å²) in [4.78, 5) is 12.0. The number of rotatable bonds is 2. The number of piperidine rings is 1. The highest BCUT2D eigenvalue weighted by Gasteiger charge is 2.17. The molecule has 1 fully saturated rings. The first-order chi connectivity index (χ1) is 8.83. The van der Waals surface area contributed by atoms with Crippen molar-refractivity contribution in [1.82, 2.24) is 15.1 Å². The number of aryl methyl sites for hydroxylation is 1. The van der Waals surface area contributed by atoms with Crippen molar-refractivity contribution in [2.75, 3.05) is 18.8 Å². The van der Waals surface area contributed by atoms with E-state index in [9.17, 15) is 4.79 Å². The quantitative estimate of drug-likeness (QED) is 0.868. The van der Waals surface area contributed by atoms with Crippen LogP contribution in [0.2, 0.25) is 0 Å². The van der Waals surface area contributed by atoms with Gasteiger partial charge in [0.1, 0.15) is 0 Å². The molecule has 0 saturated carbocycles. The largest absolute Gasteiger partial charge is 0.317 e. The molecule has 1 saturated heterocycles. The van der Waals surface area contributed by atoms with Gasteiger partial charge in [-0.1, -0.05) is 0 Å². The molecule has 3 rings (SSSR count). The van der Waals surface area contributed by atoms with Crippen LogP contribution in [0, 0.1) is 5.92 Å². The highest BCUT2D eigenvalue weighted by Crippen LogP contribution is 2.21. The van der Waals surface area contributed by atoms with Gasteiger partial charge in [-0.05, 0) is 43.2 Å². The zero-order valence-corrected chi connectivity index (χ0v) is 11.3. The Balaban J connectivity index is 1.80. The van der Waals surface area contributed by atoms with Crippen LogP contribution in [0.5, 0.6) is 0 Å². The standard InChI is InChI=1S/C13H19N3OS/c17-13-7-11-9-18-6-3-12(11)15-16(13)8-10-1-4-14-5-2-10/h7,10,14H,1-6,8-9H2. The molecule has 5 heteroatoms. The van der Waals surface area contributed by atoms with Crippen LogP contribution in [0.1, 0.15) is 24.1 Å². The lowest BCUT2D eigenvalue weighted by atomic mass is 9.98. The zero-order chi connectivity index (χ0) is 12.4. The maximum absolute atomic E-state index is 12.0. The summed E-state index contributed by atoms with van der Waals surface area (Å²) in [6.45, 7) is 2.93. The maximum atomic E-state index is 12.0. The van der Waals surface area contributed by atoms with Gasteiger partial charge in [0.2, 0.25) is 0 Å². The van der Waals surface area contributed by atoms with E-state index in [2.05, 4.69) is 10.4 Å². The second-order valence-electron chi connectivity index (χ2n) is 5.13. The molecule has 18 heavy (non-hydrogen) atoms. The molecule has 98 valence electrons. The Morgan fingerprint density at radius 1 is 1.44 bits per heavy atom. The van der Waals surface area contributed by atoms with E-state index in [1.165, 1.54) is 0 Å². The monoisotopic (exact) mass is 265 g/mol. The van der Waals surface area contributed by atoms with Gasteiger partial charge in [-0.15, -0.1) is 0 Å². The average Bonchev–Trinajstić information content (AvgIpc) is 2.41. The Morgan fingerprint density at radius 2 is 2.28 bits per heavy atom. The van der Waals surface area contributed by atoms with Gasteiger partial charge in [-0.25, -0.2) is 4.68 Å². The molecule has 0 bridgehead atoms. The summed E-state index contributed by atoms with van der Waals surface area (Å²) < 4.78 is 1.70. The van der Waals surface area contributed by atoms with Crippen LogP contribution in [0.4, 0.5) is 0 Å². The average molecular weight is 265 g/mol. The minimum absolute atomic E-state index is 0.0785. The van der Waals surface area contributed by atoms with Gasteiger partial charge in [-0.2, -0.15) is 16.9 Å². The Kier molecular flexibility index (Phi) is 3.70. The van der Waals surface area contributed by atoms with Crippen LogP contribution in [0.3, 0.4) is 0 Å². The molecule has 2 aliphatic rings. The smallest absolute Gasteiger partial charge is 0.267 e. The Labute approximate surface area is 111 Å². The molecule has 1 N–H and O–H groups in total. The van der Waals surface area contributed by atoms with Crippen LogP contribution in [0.15, 0.2) is 10.9 Å². The topological polar surface area (TPSA) is 46.9 Å². The van der Waals surface area contributed by atoms with E-state index in [0.717, 1.165) is 61.7 Å². The van der Waals surface area contributed by atoms with E-state index in [0.29, 0.717) is 5.92 Å². The molecule has 3 heterocycles. The molecule has 1 aromatic heterocycles. The van der Waals surface area contributed by atoms with Gasteiger partial charge < -0.3 is 5.32 Å². The number of hydrogen-bond acceptors (Lipinski definition) is 4. The van der Waals surface area contributed by atoms with E-state index in [1.807, 2.05) is 11.8 Å². The van der Waals surface area contributed by atoms with Crippen LogP contribution in [-0.4, -0.2) is 28.6 Å². The number of nitrogens with one attached hydrogen (secondary N) is 1. The van der Waals surface area contributed by atoms with Crippen molar-refractivity contribution in [1.29, 1.82) is 0 Å². The van der Waals surface area contributed by atoms with Gasteiger partial charge in [0.15, 0.2) is 0 Å². The zero-order valence-electron chi connectivity index (χ0n) is 10.5. The molecule has 0 spiro atoms. The lowest BCUT2D eigenvalue weighted by Crippen LogP contribution is -2.34. The molecule has 2 aliphatic heterocycles. The van der Waals surface area contributed by atoms with Gasteiger partial charge >= 0.3 is 0 Å². The Bertz CT molecular complexity index is 480. The molecule has 0 aromatic carbocycles. The van der Waals surface area contributed by atoms with Gasteiger partial charge in [-0.3, -0.25) is 4.79 Å².